The van der Waals surface area contributed by atoms with Crippen LogP contribution in [0.3, 0.4) is 0 Å². The fraction of sp³-hybridized carbons (Fsp3) is 0.727. The van der Waals surface area contributed by atoms with E-state index in [0.29, 0.717) is 0 Å². The molecular weight excluding hydrogens is 206 g/mol. The van der Waals surface area contributed by atoms with Crippen LogP contribution in [0.2, 0.25) is 0 Å². The summed E-state index contributed by atoms with van der Waals surface area (Å²) in [6, 6.07) is 0.725. The van der Waals surface area contributed by atoms with E-state index >= 15 is 0 Å². The van der Waals surface area contributed by atoms with Crippen molar-refractivity contribution < 1.29 is 0 Å². The Morgan fingerprint density at radius 1 is 1.67 bits per heavy atom. The summed E-state index contributed by atoms with van der Waals surface area (Å²) < 4.78 is 0. The van der Waals surface area contributed by atoms with E-state index in [-0.39, 0.29) is 0 Å². The fourth-order valence-electron chi connectivity index (χ4n) is 1.91. The van der Waals surface area contributed by atoms with Gasteiger partial charge >= 0.3 is 0 Å². The molecule has 1 aliphatic heterocycles. The molecule has 0 aromatic carbocycles. The maximum Gasteiger partial charge on any atom is 0.182 e. The number of nitrogens with one attached hydrogen (secondary N) is 2. The summed E-state index contributed by atoms with van der Waals surface area (Å²) in [6.45, 7) is 4.37. The zero-order valence-electron chi connectivity index (χ0n) is 9.25. The zero-order chi connectivity index (χ0) is 10.5. The molecule has 1 fully saturated rings. The summed E-state index contributed by atoms with van der Waals surface area (Å²) >= 11 is 1.71. The summed E-state index contributed by atoms with van der Waals surface area (Å²) in [6.07, 6.45) is 4.91. The third-order valence-corrected chi connectivity index (χ3v) is 3.69. The summed E-state index contributed by atoms with van der Waals surface area (Å²) in [7, 11) is 0. The van der Waals surface area contributed by atoms with Crippen molar-refractivity contribution in [2.24, 2.45) is 0 Å². The number of aromatic nitrogens is 1. The molecule has 0 amide bonds. The largest absolute Gasteiger partial charge is 0.361 e. The Kier molecular flexibility index (Phi) is 3.97. The predicted molar refractivity (Wildman–Crippen MR) is 65.6 cm³/mol. The second kappa shape index (κ2) is 5.47. The number of hydrogen-bond donors (Lipinski definition) is 2. The van der Waals surface area contributed by atoms with Gasteiger partial charge in [-0.15, -0.1) is 11.3 Å². The van der Waals surface area contributed by atoms with Crippen molar-refractivity contribution in [2.75, 3.05) is 18.4 Å². The fourth-order valence-corrected chi connectivity index (χ4v) is 2.73. The van der Waals surface area contributed by atoms with Gasteiger partial charge in [-0.05, 0) is 32.2 Å². The highest BCUT2D eigenvalue weighted by Crippen LogP contribution is 2.16. The second-order valence-electron chi connectivity index (χ2n) is 4.01. The third kappa shape index (κ3) is 3.18. The van der Waals surface area contributed by atoms with Crippen LogP contribution in [0.15, 0.2) is 5.38 Å². The lowest BCUT2D eigenvalue weighted by Crippen LogP contribution is -2.24. The third-order valence-electron chi connectivity index (χ3n) is 2.85. The average Bonchev–Trinajstić information content (AvgIpc) is 2.88. The van der Waals surface area contributed by atoms with E-state index in [1.54, 1.807) is 11.3 Å². The van der Waals surface area contributed by atoms with Gasteiger partial charge in [-0.25, -0.2) is 4.98 Å². The summed E-state index contributed by atoms with van der Waals surface area (Å²) in [5, 5.41) is 10.1. The zero-order valence-corrected chi connectivity index (χ0v) is 10.1. The molecule has 0 saturated carbocycles. The van der Waals surface area contributed by atoms with E-state index in [9.17, 15) is 0 Å². The van der Waals surface area contributed by atoms with Crippen LogP contribution in [-0.2, 0) is 6.42 Å². The Morgan fingerprint density at radius 3 is 3.27 bits per heavy atom. The Bertz CT molecular complexity index is 292. The maximum atomic E-state index is 4.48. The number of thiazole rings is 1. The molecule has 15 heavy (non-hydrogen) atoms. The number of nitrogens with zero attached hydrogens (tertiary/aromatic N) is 1. The molecule has 0 radical (unpaired) electrons. The number of rotatable bonds is 5. The lowest BCUT2D eigenvalue weighted by Gasteiger charge is -2.09. The molecule has 1 saturated heterocycles. The van der Waals surface area contributed by atoms with Gasteiger partial charge in [-0.2, -0.15) is 0 Å². The highest BCUT2D eigenvalue weighted by molar-refractivity contribution is 7.13. The van der Waals surface area contributed by atoms with Crippen LogP contribution in [0.5, 0.6) is 0 Å². The molecule has 0 bridgehead atoms. The van der Waals surface area contributed by atoms with Crippen molar-refractivity contribution in [3.8, 4) is 0 Å². The molecule has 2 heterocycles. The molecule has 0 aliphatic carbocycles. The molecule has 84 valence electrons. The van der Waals surface area contributed by atoms with Crippen LogP contribution < -0.4 is 10.6 Å². The van der Waals surface area contributed by atoms with E-state index in [1.807, 2.05) is 0 Å². The van der Waals surface area contributed by atoms with E-state index in [4.69, 9.17) is 0 Å². The minimum Gasteiger partial charge on any atom is -0.361 e. The monoisotopic (exact) mass is 225 g/mol. The molecular formula is C11H19N3S. The second-order valence-corrected chi connectivity index (χ2v) is 4.86. The maximum absolute atomic E-state index is 4.48. The quantitative estimate of drug-likeness (QED) is 0.807. The first-order valence-corrected chi connectivity index (χ1v) is 6.68. The smallest absolute Gasteiger partial charge is 0.182 e. The molecule has 4 heteroatoms. The Labute approximate surface area is 95.3 Å². The van der Waals surface area contributed by atoms with E-state index in [1.165, 1.54) is 31.5 Å². The van der Waals surface area contributed by atoms with Crippen LogP contribution >= 0.6 is 11.3 Å². The van der Waals surface area contributed by atoms with Gasteiger partial charge in [0, 0.05) is 18.0 Å². The van der Waals surface area contributed by atoms with Gasteiger partial charge in [0.15, 0.2) is 5.13 Å². The Hall–Kier alpha value is -0.610. The highest BCUT2D eigenvalue weighted by atomic mass is 32.1. The summed E-state index contributed by atoms with van der Waals surface area (Å²) in [5.41, 5.74) is 1.20. The van der Waals surface area contributed by atoms with Crippen molar-refractivity contribution in [3.63, 3.8) is 0 Å². The van der Waals surface area contributed by atoms with Crippen LogP contribution in [-0.4, -0.2) is 24.1 Å². The van der Waals surface area contributed by atoms with Gasteiger partial charge in [-0.1, -0.05) is 6.92 Å². The topological polar surface area (TPSA) is 37.0 Å². The first kappa shape index (κ1) is 10.9. The molecule has 2 N–H and O–H groups in total. The summed E-state index contributed by atoms with van der Waals surface area (Å²) in [4.78, 5) is 4.48. The SMILES string of the molecule is CCc1csc(NCC[C@@H]2CCCN2)n1. The van der Waals surface area contributed by atoms with Crippen LogP contribution in [0, 0.1) is 0 Å². The van der Waals surface area contributed by atoms with Gasteiger partial charge in [0.25, 0.3) is 0 Å². The van der Waals surface area contributed by atoms with Crippen molar-refractivity contribution in [1.29, 1.82) is 0 Å². The minimum atomic E-state index is 0.725. The minimum absolute atomic E-state index is 0.725. The van der Waals surface area contributed by atoms with Crippen molar-refractivity contribution in [2.45, 2.75) is 38.6 Å². The predicted octanol–water partition coefficient (Wildman–Crippen LogP) is 2.26. The van der Waals surface area contributed by atoms with Crippen molar-refractivity contribution >= 4 is 16.5 Å². The summed E-state index contributed by atoms with van der Waals surface area (Å²) in [5.74, 6) is 0. The van der Waals surface area contributed by atoms with E-state index in [0.717, 1.165) is 24.1 Å². The van der Waals surface area contributed by atoms with E-state index < -0.39 is 0 Å². The van der Waals surface area contributed by atoms with Gasteiger partial charge < -0.3 is 10.6 Å². The lowest BCUT2D eigenvalue weighted by atomic mass is 10.2. The lowest BCUT2D eigenvalue weighted by molar-refractivity contribution is 0.574. The van der Waals surface area contributed by atoms with E-state index in [2.05, 4.69) is 27.9 Å². The molecule has 0 spiro atoms. The molecule has 1 aromatic heterocycles. The molecule has 1 aromatic rings. The van der Waals surface area contributed by atoms with Crippen molar-refractivity contribution in [3.05, 3.63) is 11.1 Å². The van der Waals surface area contributed by atoms with Crippen LogP contribution in [0.4, 0.5) is 5.13 Å². The number of aryl methyl sites for hydroxylation is 1. The number of anilines is 1. The Balaban J connectivity index is 1.68. The average molecular weight is 225 g/mol. The molecule has 3 nitrogen and oxygen atoms in total. The number of hydrogen-bond acceptors (Lipinski definition) is 4. The van der Waals surface area contributed by atoms with Crippen molar-refractivity contribution in [1.82, 2.24) is 10.3 Å². The van der Waals surface area contributed by atoms with Gasteiger partial charge in [0.2, 0.25) is 0 Å². The molecule has 0 unspecified atom stereocenters. The highest BCUT2D eigenvalue weighted by Gasteiger charge is 2.13. The molecule has 1 aliphatic rings. The van der Waals surface area contributed by atoms with Crippen LogP contribution in [0.1, 0.15) is 31.9 Å². The van der Waals surface area contributed by atoms with Crippen LogP contribution in [0.25, 0.3) is 0 Å². The molecule has 2 rings (SSSR count). The standard InChI is InChI=1S/C11H19N3S/c1-2-9-8-15-11(14-9)13-7-5-10-4-3-6-12-10/h8,10,12H,2-7H2,1H3,(H,13,14)/t10-/m0/s1. The normalized spacial score (nSPS) is 20.7. The van der Waals surface area contributed by atoms with Gasteiger partial charge in [0.1, 0.15) is 0 Å². The molecule has 1 atom stereocenters. The Morgan fingerprint density at radius 2 is 2.60 bits per heavy atom. The van der Waals surface area contributed by atoms with Gasteiger partial charge in [0.05, 0.1) is 5.69 Å². The first-order valence-electron chi connectivity index (χ1n) is 5.80. The van der Waals surface area contributed by atoms with Gasteiger partial charge in [-0.3, -0.25) is 0 Å². The first-order chi connectivity index (χ1) is 7.38.